The van der Waals surface area contributed by atoms with Gasteiger partial charge in [-0.3, -0.25) is 0 Å². The maximum atomic E-state index is 10.9. The number of ether oxygens (including phenoxy) is 3. The molecule has 2 N–H and O–H groups in total. The fourth-order valence-electron chi connectivity index (χ4n) is 1.37. The second kappa shape index (κ2) is 10.7. The lowest BCUT2D eigenvalue weighted by atomic mass is 10.1. The minimum absolute atomic E-state index is 0.0200. The molecule has 0 aliphatic carbocycles. The topological polar surface area (TPSA) is 87.8 Å². The normalized spacial score (nSPS) is 13.7. The molecule has 0 aromatic rings. The van der Waals surface area contributed by atoms with Crippen molar-refractivity contribution in [3.05, 3.63) is 0 Å². The van der Waals surface area contributed by atoms with Gasteiger partial charge in [-0.05, 0) is 12.3 Å². The molecule has 0 aromatic heterocycles. The molecule has 6 nitrogen and oxygen atoms in total. The van der Waals surface area contributed by atoms with Gasteiger partial charge in [0, 0.05) is 20.3 Å². The molecule has 0 amide bonds. The lowest BCUT2D eigenvalue weighted by molar-refractivity contribution is 0.0456. The summed E-state index contributed by atoms with van der Waals surface area (Å²) in [5, 5.41) is 5.00. The molecule has 1 unspecified atom stereocenters. The third-order valence-electron chi connectivity index (χ3n) is 2.41. The van der Waals surface area contributed by atoms with E-state index in [0.717, 1.165) is 12.8 Å². The number of rotatable bonds is 12. The van der Waals surface area contributed by atoms with Crippen LogP contribution in [0.2, 0.25) is 0 Å². The molecule has 7 heteroatoms. The molecule has 18 heavy (non-hydrogen) atoms. The Labute approximate surface area is 110 Å². The van der Waals surface area contributed by atoms with Crippen LogP contribution in [0.25, 0.3) is 0 Å². The number of primary sulfonamides is 1. The van der Waals surface area contributed by atoms with Crippen LogP contribution in [-0.4, -0.2) is 54.3 Å². The molecule has 0 bridgehead atoms. The lowest BCUT2D eigenvalue weighted by Gasteiger charge is -2.13. The summed E-state index contributed by atoms with van der Waals surface area (Å²) in [4.78, 5) is 0. The maximum Gasteiger partial charge on any atom is 0.209 e. The highest BCUT2D eigenvalue weighted by molar-refractivity contribution is 7.89. The van der Waals surface area contributed by atoms with Crippen molar-refractivity contribution in [2.24, 2.45) is 11.1 Å². The fraction of sp³-hybridized carbons (Fsp3) is 1.00. The first kappa shape index (κ1) is 17.8. The minimum atomic E-state index is -3.41. The van der Waals surface area contributed by atoms with Crippen LogP contribution in [0.3, 0.4) is 0 Å². The van der Waals surface area contributed by atoms with Crippen LogP contribution in [0.5, 0.6) is 0 Å². The van der Waals surface area contributed by atoms with Crippen LogP contribution in [0.1, 0.15) is 19.8 Å². The van der Waals surface area contributed by atoms with E-state index in [1.807, 2.05) is 6.92 Å². The molecular formula is C11H25NO5S. The van der Waals surface area contributed by atoms with Crippen molar-refractivity contribution in [3.8, 4) is 0 Å². The number of hydrogen-bond acceptors (Lipinski definition) is 5. The predicted octanol–water partition coefficient (Wildman–Crippen LogP) is 0.371. The third-order valence-corrected chi connectivity index (χ3v) is 3.34. The van der Waals surface area contributed by atoms with Gasteiger partial charge in [-0.1, -0.05) is 13.3 Å². The zero-order valence-corrected chi connectivity index (χ0v) is 12.1. The molecular weight excluding hydrogens is 258 g/mol. The van der Waals surface area contributed by atoms with Crippen molar-refractivity contribution < 1.29 is 22.6 Å². The van der Waals surface area contributed by atoms with Crippen LogP contribution in [0, 0.1) is 5.92 Å². The zero-order chi connectivity index (χ0) is 13.9. The standard InChI is InChI=1S/C11H25NO5S/c1-3-11(10-18(12,13)14)9-17-6-4-5-16-8-7-15-2/h11H,3-10H2,1-2H3,(H2,12,13,14). The lowest BCUT2D eigenvalue weighted by Crippen LogP contribution is -2.25. The molecule has 0 radical (unpaired) electrons. The van der Waals surface area contributed by atoms with Crippen LogP contribution >= 0.6 is 0 Å². The van der Waals surface area contributed by atoms with Gasteiger partial charge in [0.05, 0.1) is 25.6 Å². The van der Waals surface area contributed by atoms with Gasteiger partial charge in [-0.15, -0.1) is 0 Å². The van der Waals surface area contributed by atoms with Crippen molar-refractivity contribution in [1.29, 1.82) is 0 Å². The minimum Gasteiger partial charge on any atom is -0.382 e. The van der Waals surface area contributed by atoms with E-state index in [1.54, 1.807) is 7.11 Å². The molecule has 0 aliphatic rings. The number of methoxy groups -OCH3 is 1. The molecule has 0 heterocycles. The molecule has 0 spiro atoms. The SMILES string of the molecule is CCC(COCCCOCCOC)CS(N)(=O)=O. The zero-order valence-electron chi connectivity index (χ0n) is 11.3. The summed E-state index contributed by atoms with van der Waals surface area (Å²) >= 11 is 0. The molecule has 0 fully saturated rings. The van der Waals surface area contributed by atoms with Crippen LogP contribution < -0.4 is 5.14 Å². The predicted molar refractivity (Wildman–Crippen MR) is 69.9 cm³/mol. The van der Waals surface area contributed by atoms with Gasteiger partial charge in [-0.25, -0.2) is 13.6 Å². The first-order chi connectivity index (χ1) is 8.49. The molecule has 1 atom stereocenters. The molecule has 0 saturated heterocycles. The van der Waals surface area contributed by atoms with Gasteiger partial charge in [0.2, 0.25) is 10.0 Å². The van der Waals surface area contributed by atoms with Gasteiger partial charge in [0.25, 0.3) is 0 Å². The Morgan fingerprint density at radius 3 is 2.33 bits per heavy atom. The third kappa shape index (κ3) is 12.3. The first-order valence-electron chi connectivity index (χ1n) is 6.14. The average molecular weight is 283 g/mol. The summed E-state index contributed by atoms with van der Waals surface area (Å²) in [5.74, 6) is -0.0530. The number of sulfonamides is 1. The van der Waals surface area contributed by atoms with E-state index in [0.29, 0.717) is 33.0 Å². The first-order valence-corrected chi connectivity index (χ1v) is 7.86. The van der Waals surface area contributed by atoms with Crippen LogP contribution in [0.15, 0.2) is 0 Å². The van der Waals surface area contributed by atoms with E-state index < -0.39 is 10.0 Å². The van der Waals surface area contributed by atoms with Crippen molar-refractivity contribution in [1.82, 2.24) is 0 Å². The summed E-state index contributed by atoms with van der Waals surface area (Å²) in [6, 6.07) is 0. The second-order valence-electron chi connectivity index (χ2n) is 4.14. The van der Waals surface area contributed by atoms with Crippen LogP contribution in [-0.2, 0) is 24.2 Å². The van der Waals surface area contributed by atoms with Crippen LogP contribution in [0.4, 0.5) is 0 Å². The van der Waals surface area contributed by atoms with Gasteiger partial charge in [0.1, 0.15) is 0 Å². The Bertz CT molecular complexity index is 281. The Balaban J connectivity index is 3.46. The highest BCUT2D eigenvalue weighted by Crippen LogP contribution is 2.05. The fourth-order valence-corrected chi connectivity index (χ4v) is 2.36. The van der Waals surface area contributed by atoms with Gasteiger partial charge < -0.3 is 14.2 Å². The monoisotopic (exact) mass is 283 g/mol. The smallest absolute Gasteiger partial charge is 0.209 e. The molecule has 110 valence electrons. The Hall–Kier alpha value is -0.210. The van der Waals surface area contributed by atoms with Gasteiger partial charge in [0.15, 0.2) is 0 Å². The summed E-state index contributed by atoms with van der Waals surface area (Å²) in [6.45, 7) is 4.70. The van der Waals surface area contributed by atoms with Gasteiger partial charge >= 0.3 is 0 Å². The quantitative estimate of drug-likeness (QED) is 0.523. The van der Waals surface area contributed by atoms with E-state index in [4.69, 9.17) is 19.3 Å². The Morgan fingerprint density at radius 2 is 1.78 bits per heavy atom. The summed E-state index contributed by atoms with van der Waals surface area (Å²) in [7, 11) is -1.78. The van der Waals surface area contributed by atoms with E-state index in [2.05, 4.69) is 0 Å². The molecule has 0 rings (SSSR count). The molecule has 0 saturated carbocycles. The average Bonchev–Trinajstić information content (AvgIpc) is 2.29. The van der Waals surface area contributed by atoms with E-state index in [-0.39, 0.29) is 11.7 Å². The van der Waals surface area contributed by atoms with E-state index in [1.165, 1.54) is 0 Å². The molecule has 0 aliphatic heterocycles. The van der Waals surface area contributed by atoms with Crippen molar-refractivity contribution in [2.75, 3.05) is 45.9 Å². The van der Waals surface area contributed by atoms with Crippen molar-refractivity contribution >= 4 is 10.0 Å². The van der Waals surface area contributed by atoms with Gasteiger partial charge in [-0.2, -0.15) is 0 Å². The summed E-state index contributed by atoms with van der Waals surface area (Å²) in [5.41, 5.74) is 0. The Kier molecular flexibility index (Phi) is 10.6. The summed E-state index contributed by atoms with van der Waals surface area (Å²) < 4.78 is 37.4. The highest BCUT2D eigenvalue weighted by atomic mass is 32.2. The molecule has 0 aromatic carbocycles. The Morgan fingerprint density at radius 1 is 1.11 bits per heavy atom. The van der Waals surface area contributed by atoms with E-state index in [9.17, 15) is 8.42 Å². The summed E-state index contributed by atoms with van der Waals surface area (Å²) in [6.07, 6.45) is 1.52. The number of nitrogens with two attached hydrogens (primary N) is 1. The second-order valence-corrected chi connectivity index (χ2v) is 5.80. The van der Waals surface area contributed by atoms with Crippen molar-refractivity contribution in [3.63, 3.8) is 0 Å². The maximum absolute atomic E-state index is 10.9. The van der Waals surface area contributed by atoms with E-state index >= 15 is 0 Å². The number of hydrogen-bond donors (Lipinski definition) is 1. The van der Waals surface area contributed by atoms with Crippen molar-refractivity contribution in [2.45, 2.75) is 19.8 Å². The highest BCUT2D eigenvalue weighted by Gasteiger charge is 2.13. The largest absolute Gasteiger partial charge is 0.382 e.